The fraction of sp³-hybridized carbons (Fsp3) is 0.235. The third kappa shape index (κ3) is 5.23. The Labute approximate surface area is 139 Å². The largest absolute Gasteiger partial charge is 0.494 e. The number of hydrogen-bond donors (Lipinski definition) is 1. The number of methoxy groups -OCH3 is 1. The van der Waals surface area contributed by atoms with Crippen LogP contribution in [0.1, 0.15) is 5.56 Å². The van der Waals surface area contributed by atoms with Crippen molar-refractivity contribution < 1.29 is 13.9 Å². The van der Waals surface area contributed by atoms with Gasteiger partial charge in [-0.3, -0.25) is 9.69 Å². The first-order valence-corrected chi connectivity index (χ1v) is 7.42. The Morgan fingerprint density at radius 3 is 2.57 bits per heavy atom. The zero-order valence-corrected chi connectivity index (χ0v) is 13.7. The second kappa shape index (κ2) is 7.94. The molecular weight excluding hydrogens is 319 g/mol. The lowest BCUT2D eigenvalue weighted by Gasteiger charge is -2.17. The molecule has 2 aromatic carbocycles. The smallest absolute Gasteiger partial charge is 0.238 e. The highest BCUT2D eigenvalue weighted by Gasteiger charge is 2.09. The molecule has 0 atom stereocenters. The molecule has 0 aliphatic heterocycles. The Morgan fingerprint density at radius 1 is 1.26 bits per heavy atom. The Morgan fingerprint density at radius 2 is 1.96 bits per heavy atom. The van der Waals surface area contributed by atoms with E-state index in [4.69, 9.17) is 16.3 Å². The summed E-state index contributed by atoms with van der Waals surface area (Å²) in [6, 6.07) is 11.6. The molecule has 0 saturated heterocycles. The van der Waals surface area contributed by atoms with Gasteiger partial charge in [0.05, 0.1) is 13.7 Å². The topological polar surface area (TPSA) is 41.6 Å². The molecule has 0 aliphatic carbocycles. The van der Waals surface area contributed by atoms with E-state index in [1.54, 1.807) is 48.3 Å². The third-order valence-corrected chi connectivity index (χ3v) is 3.46. The predicted octanol–water partition coefficient (Wildman–Crippen LogP) is 3.56. The Hall–Kier alpha value is -2.11. The van der Waals surface area contributed by atoms with Crippen LogP contribution in [0.5, 0.6) is 5.75 Å². The molecule has 0 bridgehead atoms. The first-order valence-electron chi connectivity index (χ1n) is 7.04. The maximum atomic E-state index is 13.6. The van der Waals surface area contributed by atoms with Crippen LogP contribution in [-0.4, -0.2) is 31.5 Å². The van der Waals surface area contributed by atoms with Crippen LogP contribution in [-0.2, 0) is 11.3 Å². The van der Waals surface area contributed by atoms with Crippen LogP contribution in [0.4, 0.5) is 10.1 Å². The summed E-state index contributed by atoms with van der Waals surface area (Å²) in [5.41, 5.74) is 1.45. The summed E-state index contributed by atoms with van der Waals surface area (Å²) in [6.45, 7) is 0.644. The van der Waals surface area contributed by atoms with Gasteiger partial charge >= 0.3 is 0 Å². The fourth-order valence-electron chi connectivity index (χ4n) is 2.15. The molecule has 0 unspecified atom stereocenters. The highest BCUT2D eigenvalue weighted by molar-refractivity contribution is 6.30. The molecule has 0 fully saturated rings. The second-order valence-electron chi connectivity index (χ2n) is 5.20. The minimum Gasteiger partial charge on any atom is -0.494 e. The van der Waals surface area contributed by atoms with Gasteiger partial charge in [0.2, 0.25) is 5.91 Å². The monoisotopic (exact) mass is 336 g/mol. The molecule has 1 amide bonds. The van der Waals surface area contributed by atoms with Crippen molar-refractivity contribution in [1.29, 1.82) is 0 Å². The highest BCUT2D eigenvalue weighted by Crippen LogP contribution is 2.18. The normalized spacial score (nSPS) is 10.7. The van der Waals surface area contributed by atoms with Crippen molar-refractivity contribution in [2.24, 2.45) is 0 Å². The number of benzene rings is 2. The van der Waals surface area contributed by atoms with Crippen LogP contribution in [0.25, 0.3) is 0 Å². The summed E-state index contributed by atoms with van der Waals surface area (Å²) in [6.07, 6.45) is 0. The molecule has 0 radical (unpaired) electrons. The molecule has 122 valence electrons. The number of halogens is 2. The summed E-state index contributed by atoms with van der Waals surface area (Å²) in [4.78, 5) is 13.8. The summed E-state index contributed by atoms with van der Waals surface area (Å²) < 4.78 is 18.5. The lowest BCUT2D eigenvalue weighted by atomic mass is 10.2. The van der Waals surface area contributed by atoms with Crippen LogP contribution in [0, 0.1) is 5.82 Å². The lowest BCUT2D eigenvalue weighted by Crippen LogP contribution is -2.29. The predicted molar refractivity (Wildman–Crippen MR) is 89.4 cm³/mol. The van der Waals surface area contributed by atoms with Gasteiger partial charge in [-0.2, -0.15) is 0 Å². The minimum absolute atomic E-state index is 0.149. The van der Waals surface area contributed by atoms with E-state index in [1.165, 1.54) is 13.2 Å². The van der Waals surface area contributed by atoms with E-state index in [1.807, 2.05) is 0 Å². The molecule has 0 spiro atoms. The number of nitrogens with one attached hydrogen (secondary N) is 1. The quantitative estimate of drug-likeness (QED) is 0.877. The van der Waals surface area contributed by atoms with E-state index in [2.05, 4.69) is 5.32 Å². The number of rotatable bonds is 6. The molecule has 2 rings (SSSR count). The number of likely N-dealkylation sites (N-methyl/N-ethyl adjacent to an activating group) is 1. The maximum Gasteiger partial charge on any atom is 0.238 e. The summed E-state index contributed by atoms with van der Waals surface area (Å²) in [7, 11) is 3.22. The standard InChI is InChI=1S/C17H18ClFN2O2/c1-21(10-12-3-8-16(23-2)15(19)9-12)11-17(22)20-14-6-4-13(18)5-7-14/h3-9H,10-11H2,1-2H3,(H,20,22). The molecule has 23 heavy (non-hydrogen) atoms. The van der Waals surface area contributed by atoms with Gasteiger partial charge in [-0.1, -0.05) is 17.7 Å². The van der Waals surface area contributed by atoms with Crippen molar-refractivity contribution in [3.8, 4) is 5.75 Å². The van der Waals surface area contributed by atoms with Crippen molar-refractivity contribution in [3.05, 3.63) is 58.9 Å². The van der Waals surface area contributed by atoms with E-state index in [-0.39, 0.29) is 18.2 Å². The average molecular weight is 337 g/mol. The Bertz CT molecular complexity index is 677. The maximum absolute atomic E-state index is 13.6. The number of amides is 1. The van der Waals surface area contributed by atoms with Gasteiger partial charge in [-0.25, -0.2) is 4.39 Å². The summed E-state index contributed by atoms with van der Waals surface area (Å²) >= 11 is 5.80. The Kier molecular flexibility index (Phi) is 5.96. The van der Waals surface area contributed by atoms with E-state index < -0.39 is 5.82 Å². The first-order chi connectivity index (χ1) is 11.0. The van der Waals surface area contributed by atoms with E-state index >= 15 is 0 Å². The van der Waals surface area contributed by atoms with Crippen molar-refractivity contribution >= 4 is 23.2 Å². The number of carbonyl (C=O) groups excluding carboxylic acids is 1. The zero-order chi connectivity index (χ0) is 16.8. The van der Waals surface area contributed by atoms with Crippen LogP contribution >= 0.6 is 11.6 Å². The summed E-state index contributed by atoms with van der Waals surface area (Å²) in [5.74, 6) is -0.357. The van der Waals surface area contributed by atoms with Gasteiger partial charge < -0.3 is 10.1 Å². The third-order valence-electron chi connectivity index (χ3n) is 3.21. The summed E-state index contributed by atoms with van der Waals surface area (Å²) in [5, 5.41) is 3.39. The van der Waals surface area contributed by atoms with Gasteiger partial charge in [0.15, 0.2) is 11.6 Å². The number of nitrogens with zero attached hydrogens (tertiary/aromatic N) is 1. The highest BCUT2D eigenvalue weighted by atomic mass is 35.5. The molecule has 2 aromatic rings. The lowest BCUT2D eigenvalue weighted by molar-refractivity contribution is -0.117. The number of hydrogen-bond acceptors (Lipinski definition) is 3. The first kappa shape index (κ1) is 17.2. The van der Waals surface area contributed by atoms with E-state index in [0.29, 0.717) is 17.3 Å². The van der Waals surface area contributed by atoms with Gasteiger partial charge in [-0.15, -0.1) is 0 Å². The Balaban J connectivity index is 1.88. The van der Waals surface area contributed by atoms with Gasteiger partial charge in [-0.05, 0) is 49.0 Å². The second-order valence-corrected chi connectivity index (χ2v) is 5.63. The number of carbonyl (C=O) groups is 1. The number of anilines is 1. The molecule has 0 heterocycles. The molecule has 0 saturated carbocycles. The molecule has 1 N–H and O–H groups in total. The molecule has 4 nitrogen and oxygen atoms in total. The van der Waals surface area contributed by atoms with Crippen LogP contribution in [0.3, 0.4) is 0 Å². The average Bonchev–Trinajstić information content (AvgIpc) is 2.49. The van der Waals surface area contributed by atoms with Crippen LogP contribution in [0.15, 0.2) is 42.5 Å². The van der Waals surface area contributed by atoms with Crippen molar-refractivity contribution in [2.75, 3.05) is 26.0 Å². The van der Waals surface area contributed by atoms with Crippen molar-refractivity contribution in [2.45, 2.75) is 6.54 Å². The van der Waals surface area contributed by atoms with E-state index in [9.17, 15) is 9.18 Å². The minimum atomic E-state index is -0.413. The van der Waals surface area contributed by atoms with E-state index in [0.717, 1.165) is 5.56 Å². The fourth-order valence-corrected chi connectivity index (χ4v) is 2.28. The van der Waals surface area contributed by atoms with Crippen molar-refractivity contribution in [1.82, 2.24) is 4.90 Å². The van der Waals surface area contributed by atoms with Crippen LogP contribution < -0.4 is 10.1 Å². The SMILES string of the molecule is COc1ccc(CN(C)CC(=O)Nc2ccc(Cl)cc2)cc1F. The number of ether oxygens (including phenoxy) is 1. The molecule has 0 aromatic heterocycles. The van der Waals surface area contributed by atoms with Gasteiger partial charge in [0.25, 0.3) is 0 Å². The van der Waals surface area contributed by atoms with Gasteiger partial charge in [0, 0.05) is 17.3 Å². The molecule has 0 aliphatic rings. The van der Waals surface area contributed by atoms with Crippen molar-refractivity contribution in [3.63, 3.8) is 0 Å². The molecular formula is C17H18ClFN2O2. The molecule has 6 heteroatoms. The van der Waals surface area contributed by atoms with Crippen LogP contribution in [0.2, 0.25) is 5.02 Å². The zero-order valence-electron chi connectivity index (χ0n) is 13.0. The van der Waals surface area contributed by atoms with Gasteiger partial charge in [0.1, 0.15) is 0 Å².